The number of amides is 3. The highest BCUT2D eigenvalue weighted by molar-refractivity contribution is 6.23. The second-order valence-corrected chi connectivity index (χ2v) is 8.30. The van der Waals surface area contributed by atoms with E-state index in [1.165, 1.54) is 4.90 Å². The van der Waals surface area contributed by atoms with Crippen molar-refractivity contribution in [2.45, 2.75) is 24.9 Å². The van der Waals surface area contributed by atoms with E-state index in [1.54, 1.807) is 6.20 Å². The number of likely N-dealkylation sites (tertiary alicyclic amines) is 1. The van der Waals surface area contributed by atoms with Gasteiger partial charge in [0.1, 0.15) is 11.4 Å². The quantitative estimate of drug-likeness (QED) is 0.665. The lowest BCUT2D eigenvalue weighted by Gasteiger charge is -2.37. The summed E-state index contributed by atoms with van der Waals surface area (Å²) in [6.45, 7) is 2.21. The average Bonchev–Trinajstić information content (AvgIpc) is 3.30. The van der Waals surface area contributed by atoms with E-state index in [0.29, 0.717) is 18.5 Å². The lowest BCUT2D eigenvalue weighted by molar-refractivity contribution is -0.123. The summed E-state index contributed by atoms with van der Waals surface area (Å²) >= 11 is 0. The summed E-state index contributed by atoms with van der Waals surface area (Å²) in [7, 11) is 1.98. The Bertz CT molecular complexity index is 1100. The van der Waals surface area contributed by atoms with Crippen molar-refractivity contribution in [2.75, 3.05) is 18.0 Å². The molecule has 3 aromatic rings. The Morgan fingerprint density at radius 3 is 2.29 bits per heavy atom. The van der Waals surface area contributed by atoms with E-state index in [0.717, 1.165) is 36.6 Å². The predicted molar refractivity (Wildman–Crippen MR) is 118 cm³/mol. The zero-order valence-electron chi connectivity index (χ0n) is 17.5. The normalized spacial score (nSPS) is 18.5. The van der Waals surface area contributed by atoms with Gasteiger partial charge in [-0.3, -0.25) is 9.69 Å². The molecule has 3 heterocycles. The maximum atomic E-state index is 13.3. The van der Waals surface area contributed by atoms with Crippen molar-refractivity contribution < 1.29 is 9.59 Å². The molecule has 5 rings (SSSR count). The molecule has 7 nitrogen and oxygen atoms in total. The Morgan fingerprint density at radius 2 is 1.65 bits per heavy atom. The Hall–Kier alpha value is -3.45. The van der Waals surface area contributed by atoms with Crippen molar-refractivity contribution in [3.8, 4) is 11.1 Å². The number of rotatable bonds is 4. The number of hydrogen-bond donors (Lipinski definition) is 1. The summed E-state index contributed by atoms with van der Waals surface area (Å²) in [6, 6.07) is 17.3. The average molecular weight is 415 g/mol. The third kappa shape index (κ3) is 3.51. The predicted octanol–water partition coefficient (Wildman–Crippen LogP) is 3.18. The molecular formula is C24H25N5O2. The van der Waals surface area contributed by atoms with E-state index < -0.39 is 5.54 Å². The van der Waals surface area contributed by atoms with Gasteiger partial charge in [0.15, 0.2) is 0 Å². The van der Waals surface area contributed by atoms with Gasteiger partial charge >= 0.3 is 6.03 Å². The van der Waals surface area contributed by atoms with Crippen LogP contribution in [0.3, 0.4) is 0 Å². The number of hydrogen-bond acceptors (Lipinski definition) is 4. The highest BCUT2D eigenvalue weighted by atomic mass is 16.2. The topological polar surface area (TPSA) is 70.5 Å². The molecule has 158 valence electrons. The van der Waals surface area contributed by atoms with Crippen LogP contribution < -0.4 is 10.2 Å². The number of aromatic nitrogens is 2. The molecule has 1 aromatic heterocycles. The van der Waals surface area contributed by atoms with Crippen molar-refractivity contribution in [3.05, 3.63) is 72.8 Å². The van der Waals surface area contributed by atoms with Gasteiger partial charge in [-0.1, -0.05) is 42.5 Å². The van der Waals surface area contributed by atoms with Gasteiger partial charge in [-0.05, 0) is 36.1 Å². The minimum absolute atomic E-state index is 0.151. The van der Waals surface area contributed by atoms with E-state index in [4.69, 9.17) is 0 Å². The van der Waals surface area contributed by atoms with Gasteiger partial charge in [-0.15, -0.1) is 0 Å². The molecule has 0 unspecified atom stereocenters. The smallest absolute Gasteiger partial charge is 0.329 e. The Balaban J connectivity index is 1.29. The zero-order valence-corrected chi connectivity index (χ0v) is 17.5. The van der Waals surface area contributed by atoms with Gasteiger partial charge in [0.05, 0.1) is 12.2 Å². The summed E-state index contributed by atoms with van der Waals surface area (Å²) in [5.74, 6) is 0.847. The standard InChI is InChI=1S/C24H25N5O2/c1-27-16-13-25-21(27)17-28-14-11-24(12-15-28)22(30)29(23(31)26-24)20-9-7-19(8-10-20)18-5-3-2-4-6-18/h2-10,13,16H,11-12,14-15,17H2,1H3,(H,26,31). The van der Waals surface area contributed by atoms with E-state index in [9.17, 15) is 9.59 Å². The van der Waals surface area contributed by atoms with Crippen LogP contribution in [0.15, 0.2) is 67.0 Å². The lowest BCUT2D eigenvalue weighted by Crippen LogP contribution is -2.54. The first-order valence-electron chi connectivity index (χ1n) is 10.6. The fraction of sp³-hybridized carbons (Fsp3) is 0.292. The fourth-order valence-electron chi connectivity index (χ4n) is 4.47. The van der Waals surface area contributed by atoms with Crippen molar-refractivity contribution in [3.63, 3.8) is 0 Å². The van der Waals surface area contributed by atoms with Crippen LogP contribution in [0.5, 0.6) is 0 Å². The SMILES string of the molecule is Cn1ccnc1CN1CCC2(CC1)NC(=O)N(c1ccc(-c3ccccc3)cc1)C2=O. The summed E-state index contributed by atoms with van der Waals surface area (Å²) in [5, 5.41) is 2.99. The van der Waals surface area contributed by atoms with Gasteiger partial charge in [-0.2, -0.15) is 0 Å². The molecule has 0 saturated carbocycles. The minimum atomic E-state index is -0.812. The monoisotopic (exact) mass is 415 g/mol. The summed E-state index contributed by atoms with van der Waals surface area (Å²) in [5.41, 5.74) is 1.94. The van der Waals surface area contributed by atoms with Crippen molar-refractivity contribution >= 4 is 17.6 Å². The van der Waals surface area contributed by atoms with E-state index in [-0.39, 0.29) is 11.9 Å². The molecule has 7 heteroatoms. The summed E-state index contributed by atoms with van der Waals surface area (Å²) in [6.07, 6.45) is 4.92. The van der Waals surface area contributed by atoms with Gasteiger partial charge in [0.2, 0.25) is 0 Å². The molecule has 0 atom stereocenters. The number of imidazole rings is 1. The Kier molecular flexibility index (Phi) is 4.82. The molecule has 0 aliphatic carbocycles. The van der Waals surface area contributed by atoms with Crippen molar-refractivity contribution in [1.29, 1.82) is 0 Å². The second kappa shape index (κ2) is 7.67. The molecule has 2 aromatic carbocycles. The minimum Gasteiger partial charge on any atom is -0.337 e. The Morgan fingerprint density at radius 1 is 0.968 bits per heavy atom. The van der Waals surface area contributed by atoms with Crippen LogP contribution in [0.1, 0.15) is 18.7 Å². The van der Waals surface area contributed by atoms with Crippen molar-refractivity contribution in [1.82, 2.24) is 19.8 Å². The molecule has 3 amide bonds. The number of anilines is 1. The maximum absolute atomic E-state index is 13.3. The second-order valence-electron chi connectivity index (χ2n) is 8.30. The summed E-state index contributed by atoms with van der Waals surface area (Å²) < 4.78 is 2.01. The van der Waals surface area contributed by atoms with Crippen LogP contribution in [0, 0.1) is 0 Å². The number of urea groups is 1. The molecule has 2 aliphatic rings. The van der Waals surface area contributed by atoms with Crippen molar-refractivity contribution in [2.24, 2.45) is 7.05 Å². The molecule has 2 saturated heterocycles. The molecule has 0 bridgehead atoms. The number of aryl methyl sites for hydroxylation is 1. The molecule has 1 N–H and O–H groups in total. The molecule has 31 heavy (non-hydrogen) atoms. The Labute approximate surface area is 181 Å². The van der Waals surface area contributed by atoms with Gasteiger partial charge in [-0.25, -0.2) is 14.7 Å². The maximum Gasteiger partial charge on any atom is 0.329 e. The summed E-state index contributed by atoms with van der Waals surface area (Å²) in [4.78, 5) is 34.1. The number of carbonyl (C=O) groups is 2. The lowest BCUT2D eigenvalue weighted by atomic mass is 9.87. The molecular weight excluding hydrogens is 390 g/mol. The van der Waals surface area contributed by atoms with Gasteiger partial charge in [0.25, 0.3) is 5.91 Å². The number of nitrogens with one attached hydrogen (secondary N) is 1. The number of carbonyl (C=O) groups excluding carboxylic acids is 2. The first kappa shape index (κ1) is 19.5. The molecule has 2 aliphatic heterocycles. The van der Waals surface area contributed by atoms with E-state index >= 15 is 0 Å². The third-order valence-electron chi connectivity index (χ3n) is 6.39. The van der Waals surface area contributed by atoms with Crippen LogP contribution >= 0.6 is 0 Å². The third-order valence-corrected chi connectivity index (χ3v) is 6.39. The van der Waals surface area contributed by atoms with E-state index in [2.05, 4.69) is 15.2 Å². The highest BCUT2D eigenvalue weighted by Gasteiger charge is 2.52. The van der Waals surface area contributed by atoms with Gasteiger partial charge < -0.3 is 9.88 Å². The first-order valence-corrected chi connectivity index (χ1v) is 10.6. The fourth-order valence-corrected chi connectivity index (χ4v) is 4.47. The zero-order chi connectivity index (χ0) is 21.4. The van der Waals surface area contributed by atoms with Gasteiger partial charge in [0, 0.05) is 32.5 Å². The van der Waals surface area contributed by atoms with E-state index in [1.807, 2.05) is 72.4 Å². The number of imide groups is 1. The number of nitrogens with zero attached hydrogens (tertiary/aromatic N) is 4. The first-order chi connectivity index (χ1) is 15.1. The molecule has 2 fully saturated rings. The largest absolute Gasteiger partial charge is 0.337 e. The van der Waals surface area contributed by atoms with Crippen LogP contribution in [-0.2, 0) is 18.4 Å². The molecule has 1 spiro atoms. The molecule has 0 radical (unpaired) electrons. The van der Waals surface area contributed by atoms with Crippen LogP contribution in [0.25, 0.3) is 11.1 Å². The number of benzene rings is 2. The van der Waals surface area contributed by atoms with Crippen LogP contribution in [0.2, 0.25) is 0 Å². The highest BCUT2D eigenvalue weighted by Crippen LogP contribution is 2.33. The van der Waals surface area contributed by atoms with Crippen LogP contribution in [0.4, 0.5) is 10.5 Å². The van der Waals surface area contributed by atoms with Crippen LogP contribution in [-0.4, -0.2) is 45.0 Å². The number of piperidine rings is 1.